The normalized spacial score (nSPS) is 11.8. The molecule has 1 rings (SSSR count). The smallest absolute Gasteiger partial charge is 0 e. The van der Waals surface area contributed by atoms with E-state index in [1.54, 1.807) is 0 Å². The molecule has 0 aromatic carbocycles. The summed E-state index contributed by atoms with van der Waals surface area (Å²) in [6.07, 6.45) is 9.90. The van der Waals surface area contributed by atoms with E-state index in [2.05, 4.69) is 37.0 Å². The van der Waals surface area contributed by atoms with Gasteiger partial charge in [-0.1, -0.05) is 13.8 Å². The maximum Gasteiger partial charge on any atom is 0 e. The number of nitrogens with zero attached hydrogens (tertiary/aromatic N) is 1. The molecule has 0 aliphatic heterocycles. The second-order valence-electron chi connectivity index (χ2n) is 3.09. The Morgan fingerprint density at radius 2 is 1.75 bits per heavy atom. The zero-order valence-corrected chi connectivity index (χ0v) is 14.8. The van der Waals surface area contributed by atoms with Gasteiger partial charge in [0.2, 0.25) is 0 Å². The summed E-state index contributed by atoms with van der Waals surface area (Å²) in [7, 11) is 0. The number of hydrogen-bond donors (Lipinski definition) is 0. The van der Waals surface area contributed by atoms with E-state index in [0.29, 0.717) is 0 Å². The van der Waals surface area contributed by atoms with Crippen LogP contribution < -0.4 is 0 Å². The topological polar surface area (TPSA) is 3.24 Å². The standard InChI is InChI=1S/C11H18N.3ClH.Zr/c1-3-12(4-2)10-9-11-7-5-6-8-11;;;;/h5,7H,3-4,6,9-10H2,1-2H3;3*1H;/q-1;;;;. The molecule has 0 fully saturated rings. The minimum Gasteiger partial charge on any atom is -0.304 e. The van der Waals surface area contributed by atoms with Crippen molar-refractivity contribution in [2.45, 2.75) is 26.7 Å². The molecule has 0 radical (unpaired) electrons. The fourth-order valence-electron chi connectivity index (χ4n) is 1.44. The van der Waals surface area contributed by atoms with Crippen molar-refractivity contribution in [3.8, 4) is 0 Å². The second kappa shape index (κ2) is 16.2. The van der Waals surface area contributed by atoms with E-state index < -0.39 is 0 Å². The van der Waals surface area contributed by atoms with Gasteiger partial charge in [-0.05, 0) is 26.1 Å². The predicted molar refractivity (Wildman–Crippen MR) is 74.7 cm³/mol. The summed E-state index contributed by atoms with van der Waals surface area (Å²) in [5.41, 5.74) is 1.39. The minimum atomic E-state index is 0. The number of hydrogen-bond acceptors (Lipinski definition) is 1. The molecule has 0 aromatic heterocycles. The molecule has 0 spiro atoms. The molecule has 1 nitrogen and oxygen atoms in total. The molecule has 0 amide bonds. The predicted octanol–water partition coefficient (Wildman–Crippen LogP) is 3.67. The molecule has 5 heteroatoms. The van der Waals surface area contributed by atoms with E-state index in [-0.39, 0.29) is 63.4 Å². The van der Waals surface area contributed by atoms with Gasteiger partial charge in [0.05, 0.1) is 0 Å². The monoisotopic (exact) mass is 362 g/mol. The van der Waals surface area contributed by atoms with Gasteiger partial charge < -0.3 is 4.90 Å². The van der Waals surface area contributed by atoms with Crippen LogP contribution in [0.5, 0.6) is 0 Å². The maximum absolute atomic E-state index is 3.34. The molecule has 0 saturated heterocycles. The zero-order valence-electron chi connectivity index (χ0n) is 9.86. The molecule has 1 aliphatic carbocycles. The van der Waals surface area contributed by atoms with Crippen LogP contribution in [-0.4, -0.2) is 24.5 Å². The first-order chi connectivity index (χ1) is 5.86. The van der Waals surface area contributed by atoms with Crippen LogP contribution in [0.25, 0.3) is 0 Å². The Morgan fingerprint density at radius 1 is 1.19 bits per heavy atom. The maximum atomic E-state index is 3.34. The third kappa shape index (κ3) is 10.4. The molecule has 0 saturated carbocycles. The molecule has 16 heavy (non-hydrogen) atoms. The van der Waals surface area contributed by atoms with E-state index in [4.69, 9.17) is 0 Å². The van der Waals surface area contributed by atoms with Gasteiger partial charge in [-0.25, -0.2) is 11.6 Å². The van der Waals surface area contributed by atoms with Gasteiger partial charge in [-0.15, -0.1) is 43.6 Å². The summed E-state index contributed by atoms with van der Waals surface area (Å²) in [6.45, 7) is 7.93. The Labute approximate surface area is 137 Å². The van der Waals surface area contributed by atoms with Gasteiger partial charge in [0.1, 0.15) is 0 Å². The van der Waals surface area contributed by atoms with Gasteiger partial charge in [-0.2, -0.15) is 6.08 Å². The Morgan fingerprint density at radius 3 is 2.12 bits per heavy atom. The molecule has 0 bridgehead atoms. The van der Waals surface area contributed by atoms with E-state index >= 15 is 0 Å². The fraction of sp³-hybridized carbons (Fsp3) is 0.636. The van der Waals surface area contributed by atoms with Crippen LogP contribution in [0.3, 0.4) is 0 Å². The Balaban J connectivity index is -0.000000180. The van der Waals surface area contributed by atoms with E-state index in [1.165, 1.54) is 12.1 Å². The summed E-state index contributed by atoms with van der Waals surface area (Å²) in [5, 5.41) is 0. The van der Waals surface area contributed by atoms with E-state index in [9.17, 15) is 0 Å². The SMILES string of the molecule is CCN(CC)CCC1=[C-]CC=C1.Cl.Cl.Cl.[Zr]. The summed E-state index contributed by atoms with van der Waals surface area (Å²) >= 11 is 0. The molecule has 0 N–H and O–H groups in total. The van der Waals surface area contributed by atoms with Crippen molar-refractivity contribution >= 4 is 37.2 Å². The molecule has 0 aromatic rings. The molecule has 0 atom stereocenters. The van der Waals surface area contributed by atoms with Gasteiger partial charge in [0.15, 0.2) is 0 Å². The minimum absolute atomic E-state index is 0. The average molecular weight is 365 g/mol. The fourth-order valence-corrected chi connectivity index (χ4v) is 1.44. The van der Waals surface area contributed by atoms with Crippen molar-refractivity contribution in [2.75, 3.05) is 19.6 Å². The van der Waals surface area contributed by atoms with Gasteiger partial charge >= 0.3 is 0 Å². The molecular formula is C11H21Cl3NZr-. The van der Waals surface area contributed by atoms with E-state index in [0.717, 1.165) is 25.9 Å². The number of allylic oxidation sites excluding steroid dienone is 3. The number of rotatable bonds is 5. The largest absolute Gasteiger partial charge is 0.304 e. The van der Waals surface area contributed by atoms with Crippen LogP contribution in [0.2, 0.25) is 0 Å². The van der Waals surface area contributed by atoms with Crippen LogP contribution in [-0.2, 0) is 26.2 Å². The summed E-state index contributed by atoms with van der Waals surface area (Å²) in [4.78, 5) is 2.45. The Bertz CT molecular complexity index is 192. The first-order valence-electron chi connectivity index (χ1n) is 4.85. The third-order valence-corrected chi connectivity index (χ3v) is 2.36. The summed E-state index contributed by atoms with van der Waals surface area (Å²) < 4.78 is 0. The Hall–Kier alpha value is 1.19. The van der Waals surface area contributed by atoms with Crippen molar-refractivity contribution in [1.29, 1.82) is 0 Å². The van der Waals surface area contributed by atoms with Gasteiger partial charge in [0.25, 0.3) is 0 Å². The first-order valence-corrected chi connectivity index (χ1v) is 4.85. The molecule has 0 unspecified atom stereocenters. The molecule has 96 valence electrons. The first kappa shape index (κ1) is 25.9. The van der Waals surface area contributed by atoms with Crippen molar-refractivity contribution in [3.63, 3.8) is 0 Å². The molecule has 0 heterocycles. The van der Waals surface area contributed by atoms with Crippen LogP contribution in [0.15, 0.2) is 17.7 Å². The zero-order chi connectivity index (χ0) is 8.81. The van der Waals surface area contributed by atoms with Crippen LogP contribution in [0.4, 0.5) is 0 Å². The van der Waals surface area contributed by atoms with E-state index in [1.807, 2.05) is 0 Å². The van der Waals surface area contributed by atoms with Crippen molar-refractivity contribution < 1.29 is 26.2 Å². The Kier molecular flexibility index (Phi) is 26.2. The van der Waals surface area contributed by atoms with Crippen LogP contribution in [0, 0.1) is 6.08 Å². The molecular weight excluding hydrogens is 344 g/mol. The number of halogens is 3. The summed E-state index contributed by atoms with van der Waals surface area (Å²) in [5.74, 6) is 0. The van der Waals surface area contributed by atoms with Gasteiger partial charge in [-0.3, -0.25) is 6.08 Å². The van der Waals surface area contributed by atoms with Crippen molar-refractivity contribution in [2.24, 2.45) is 0 Å². The second-order valence-corrected chi connectivity index (χ2v) is 3.09. The third-order valence-electron chi connectivity index (χ3n) is 2.36. The van der Waals surface area contributed by atoms with Crippen molar-refractivity contribution in [3.05, 3.63) is 23.8 Å². The van der Waals surface area contributed by atoms with Crippen LogP contribution >= 0.6 is 37.2 Å². The summed E-state index contributed by atoms with van der Waals surface area (Å²) in [6, 6.07) is 0. The van der Waals surface area contributed by atoms with Crippen molar-refractivity contribution in [1.82, 2.24) is 4.90 Å². The average Bonchev–Trinajstić information content (AvgIpc) is 2.59. The molecule has 1 aliphatic rings. The van der Waals surface area contributed by atoms with Crippen LogP contribution in [0.1, 0.15) is 26.7 Å². The van der Waals surface area contributed by atoms with Gasteiger partial charge in [0, 0.05) is 26.2 Å². The quantitative estimate of drug-likeness (QED) is 0.673.